The predicted octanol–water partition coefficient (Wildman–Crippen LogP) is 4.05. The van der Waals surface area contributed by atoms with E-state index in [-0.39, 0.29) is 0 Å². The van der Waals surface area contributed by atoms with E-state index in [4.69, 9.17) is 22.1 Å². The normalized spacial score (nSPS) is 10.7. The molecule has 20 heavy (non-hydrogen) atoms. The van der Waals surface area contributed by atoms with Gasteiger partial charge in [0.2, 0.25) is 0 Å². The molecule has 0 aliphatic heterocycles. The van der Waals surface area contributed by atoms with Crippen LogP contribution in [-0.2, 0) is 6.61 Å². The van der Waals surface area contributed by atoms with Gasteiger partial charge >= 0.3 is 0 Å². The molecule has 0 aliphatic rings. The second-order valence-electron chi connectivity index (χ2n) is 4.47. The van der Waals surface area contributed by atoms with Crippen molar-refractivity contribution < 1.29 is 4.74 Å². The number of aromatic nitrogens is 1. The lowest BCUT2D eigenvalue weighted by Gasteiger charge is -2.08. The third-order valence-corrected chi connectivity index (χ3v) is 3.28. The summed E-state index contributed by atoms with van der Waals surface area (Å²) in [6.45, 7) is 0.370. The highest BCUT2D eigenvalue weighted by Gasteiger charge is 2.04. The quantitative estimate of drug-likeness (QED) is 0.738. The van der Waals surface area contributed by atoms with E-state index in [1.54, 1.807) is 18.2 Å². The van der Waals surface area contributed by atoms with Crippen molar-refractivity contribution in [3.05, 3.63) is 65.3 Å². The molecular formula is C16H13ClN2O. The minimum absolute atomic E-state index is 0.370. The molecular weight excluding hydrogens is 272 g/mol. The molecule has 2 N–H and O–H groups in total. The zero-order chi connectivity index (χ0) is 13.9. The van der Waals surface area contributed by atoms with Gasteiger partial charge in [0.05, 0.1) is 16.2 Å². The number of pyridine rings is 1. The maximum Gasteiger partial charge on any atom is 0.138 e. The molecule has 0 unspecified atom stereocenters. The van der Waals surface area contributed by atoms with Crippen LogP contribution in [0.1, 0.15) is 5.69 Å². The minimum atomic E-state index is 0.370. The standard InChI is InChI=1S/C16H13ClN2O/c17-14-9-12(18)6-8-16(14)20-10-13-7-5-11-3-1-2-4-15(11)19-13/h1-9H,10,18H2. The number of hydrogen-bond donors (Lipinski definition) is 1. The first-order valence-corrected chi connectivity index (χ1v) is 6.63. The molecule has 0 atom stereocenters. The molecule has 0 aliphatic carbocycles. The average molecular weight is 285 g/mol. The van der Waals surface area contributed by atoms with Crippen LogP contribution in [0.4, 0.5) is 5.69 Å². The number of rotatable bonds is 3. The number of nitrogen functional groups attached to an aromatic ring is 1. The van der Waals surface area contributed by atoms with Crippen LogP contribution in [0.25, 0.3) is 10.9 Å². The van der Waals surface area contributed by atoms with Crippen LogP contribution in [0, 0.1) is 0 Å². The van der Waals surface area contributed by atoms with Gasteiger partial charge in [-0.15, -0.1) is 0 Å². The number of halogens is 1. The largest absolute Gasteiger partial charge is 0.486 e. The fraction of sp³-hybridized carbons (Fsp3) is 0.0625. The molecule has 3 aromatic rings. The van der Waals surface area contributed by atoms with Gasteiger partial charge in [0, 0.05) is 11.1 Å². The van der Waals surface area contributed by atoms with E-state index >= 15 is 0 Å². The Morgan fingerprint density at radius 2 is 1.90 bits per heavy atom. The van der Waals surface area contributed by atoms with Crippen LogP contribution in [0.2, 0.25) is 5.02 Å². The van der Waals surface area contributed by atoms with E-state index in [1.807, 2.05) is 36.4 Å². The molecule has 0 spiro atoms. The average Bonchev–Trinajstić information content (AvgIpc) is 2.46. The molecule has 0 amide bonds. The fourth-order valence-corrected chi connectivity index (χ4v) is 2.22. The topological polar surface area (TPSA) is 48.1 Å². The van der Waals surface area contributed by atoms with Gasteiger partial charge in [0.25, 0.3) is 0 Å². The van der Waals surface area contributed by atoms with Crippen molar-refractivity contribution in [2.45, 2.75) is 6.61 Å². The molecule has 1 heterocycles. The van der Waals surface area contributed by atoms with Gasteiger partial charge in [0.15, 0.2) is 0 Å². The number of nitrogens with zero attached hydrogens (tertiary/aromatic N) is 1. The SMILES string of the molecule is Nc1ccc(OCc2ccc3ccccc3n2)c(Cl)c1. The molecule has 0 fully saturated rings. The lowest BCUT2D eigenvalue weighted by Crippen LogP contribution is -1.99. The van der Waals surface area contributed by atoms with Crippen molar-refractivity contribution in [1.82, 2.24) is 4.98 Å². The van der Waals surface area contributed by atoms with Gasteiger partial charge in [-0.3, -0.25) is 0 Å². The number of anilines is 1. The van der Waals surface area contributed by atoms with Crippen LogP contribution in [-0.4, -0.2) is 4.98 Å². The number of hydrogen-bond acceptors (Lipinski definition) is 3. The Hall–Kier alpha value is -2.26. The molecule has 3 nitrogen and oxygen atoms in total. The summed E-state index contributed by atoms with van der Waals surface area (Å²) in [6.07, 6.45) is 0. The third kappa shape index (κ3) is 2.68. The Kier molecular flexibility index (Phi) is 3.44. The van der Waals surface area contributed by atoms with E-state index in [0.717, 1.165) is 16.6 Å². The highest BCUT2D eigenvalue weighted by molar-refractivity contribution is 6.32. The smallest absolute Gasteiger partial charge is 0.138 e. The first-order chi connectivity index (χ1) is 9.72. The van der Waals surface area contributed by atoms with Crippen LogP contribution >= 0.6 is 11.6 Å². The number of fused-ring (bicyclic) bond motifs is 1. The molecule has 0 saturated heterocycles. The first-order valence-electron chi connectivity index (χ1n) is 6.25. The van der Waals surface area contributed by atoms with Crippen LogP contribution in [0.5, 0.6) is 5.75 Å². The van der Waals surface area contributed by atoms with Gasteiger partial charge in [-0.2, -0.15) is 0 Å². The molecule has 2 aromatic carbocycles. The molecule has 0 saturated carbocycles. The van der Waals surface area contributed by atoms with Gasteiger partial charge in [-0.1, -0.05) is 35.9 Å². The number of para-hydroxylation sites is 1. The van der Waals surface area contributed by atoms with E-state index < -0.39 is 0 Å². The lowest BCUT2D eigenvalue weighted by atomic mass is 10.2. The highest BCUT2D eigenvalue weighted by Crippen LogP contribution is 2.27. The van der Waals surface area contributed by atoms with Crippen molar-refractivity contribution >= 4 is 28.2 Å². The summed E-state index contributed by atoms with van der Waals surface area (Å²) in [5, 5.41) is 1.62. The van der Waals surface area contributed by atoms with Crippen molar-refractivity contribution in [1.29, 1.82) is 0 Å². The summed E-state index contributed by atoms with van der Waals surface area (Å²) in [5.74, 6) is 0.607. The summed E-state index contributed by atoms with van der Waals surface area (Å²) in [4.78, 5) is 4.54. The number of nitrogens with two attached hydrogens (primary N) is 1. The predicted molar refractivity (Wildman–Crippen MR) is 81.9 cm³/mol. The summed E-state index contributed by atoms with van der Waals surface area (Å²) < 4.78 is 5.68. The fourth-order valence-electron chi connectivity index (χ4n) is 1.97. The maximum atomic E-state index is 6.07. The summed E-state index contributed by atoms with van der Waals surface area (Å²) >= 11 is 6.07. The molecule has 0 radical (unpaired) electrons. The third-order valence-electron chi connectivity index (χ3n) is 2.99. The molecule has 4 heteroatoms. The number of ether oxygens (including phenoxy) is 1. The first kappa shape index (κ1) is 12.8. The van der Waals surface area contributed by atoms with Gasteiger partial charge < -0.3 is 10.5 Å². The van der Waals surface area contributed by atoms with Crippen molar-refractivity contribution in [3.8, 4) is 5.75 Å². The van der Waals surface area contributed by atoms with Crippen LogP contribution in [0.3, 0.4) is 0 Å². The Labute approximate surface area is 122 Å². The Balaban J connectivity index is 1.79. The molecule has 1 aromatic heterocycles. The minimum Gasteiger partial charge on any atom is -0.486 e. The monoisotopic (exact) mass is 284 g/mol. The van der Waals surface area contributed by atoms with Crippen LogP contribution < -0.4 is 10.5 Å². The molecule has 3 rings (SSSR count). The second kappa shape index (κ2) is 5.39. The van der Waals surface area contributed by atoms with Gasteiger partial charge in [-0.05, 0) is 30.3 Å². The number of benzene rings is 2. The second-order valence-corrected chi connectivity index (χ2v) is 4.88. The van der Waals surface area contributed by atoms with Gasteiger partial charge in [0.1, 0.15) is 12.4 Å². The highest BCUT2D eigenvalue weighted by atomic mass is 35.5. The zero-order valence-corrected chi connectivity index (χ0v) is 11.5. The summed E-state index contributed by atoms with van der Waals surface area (Å²) in [5.41, 5.74) is 8.08. The van der Waals surface area contributed by atoms with E-state index in [0.29, 0.717) is 23.1 Å². The Bertz CT molecular complexity index is 758. The van der Waals surface area contributed by atoms with Crippen LogP contribution in [0.15, 0.2) is 54.6 Å². The summed E-state index contributed by atoms with van der Waals surface area (Å²) in [6, 6.07) is 17.2. The van der Waals surface area contributed by atoms with E-state index in [2.05, 4.69) is 4.98 Å². The van der Waals surface area contributed by atoms with E-state index in [9.17, 15) is 0 Å². The maximum absolute atomic E-state index is 6.07. The molecule has 0 bridgehead atoms. The van der Waals surface area contributed by atoms with Crippen molar-refractivity contribution in [2.24, 2.45) is 0 Å². The van der Waals surface area contributed by atoms with Crippen molar-refractivity contribution in [2.75, 3.05) is 5.73 Å². The summed E-state index contributed by atoms with van der Waals surface area (Å²) in [7, 11) is 0. The van der Waals surface area contributed by atoms with Crippen molar-refractivity contribution in [3.63, 3.8) is 0 Å². The zero-order valence-electron chi connectivity index (χ0n) is 10.7. The van der Waals surface area contributed by atoms with E-state index in [1.165, 1.54) is 0 Å². The Morgan fingerprint density at radius 3 is 2.75 bits per heavy atom. The lowest BCUT2D eigenvalue weighted by molar-refractivity contribution is 0.302. The van der Waals surface area contributed by atoms with Gasteiger partial charge in [-0.25, -0.2) is 4.98 Å². The molecule has 100 valence electrons. The Morgan fingerprint density at radius 1 is 1.05 bits per heavy atom.